The summed E-state index contributed by atoms with van der Waals surface area (Å²) < 4.78 is 1.57. The van der Waals surface area contributed by atoms with E-state index in [-0.39, 0.29) is 11.9 Å². The maximum atomic E-state index is 12.0. The maximum absolute atomic E-state index is 12.0. The molecular formula is C15H21N5O. The minimum absolute atomic E-state index is 0.0486. The first-order chi connectivity index (χ1) is 10.1. The van der Waals surface area contributed by atoms with Crippen molar-refractivity contribution in [3.63, 3.8) is 0 Å². The Morgan fingerprint density at radius 3 is 3.00 bits per heavy atom. The van der Waals surface area contributed by atoms with Gasteiger partial charge in [0.1, 0.15) is 12.4 Å². The summed E-state index contributed by atoms with van der Waals surface area (Å²) in [7, 11) is 0. The Hall–Kier alpha value is -2.37. The molecule has 1 atom stereocenters. The molecule has 6 heteroatoms. The van der Waals surface area contributed by atoms with E-state index in [1.807, 2.05) is 24.3 Å². The molecular weight excluding hydrogens is 266 g/mol. The van der Waals surface area contributed by atoms with Gasteiger partial charge in [-0.15, -0.1) is 0 Å². The number of anilines is 1. The highest BCUT2D eigenvalue weighted by molar-refractivity contribution is 5.79. The molecule has 1 aromatic carbocycles. The van der Waals surface area contributed by atoms with Gasteiger partial charge in [0, 0.05) is 17.8 Å². The number of nitrogens with two attached hydrogens (primary N) is 1. The molecule has 3 N–H and O–H groups in total. The number of rotatable bonds is 6. The third-order valence-corrected chi connectivity index (χ3v) is 3.26. The van der Waals surface area contributed by atoms with Crippen LogP contribution in [0.25, 0.3) is 11.4 Å². The van der Waals surface area contributed by atoms with Gasteiger partial charge in [-0.25, -0.2) is 9.67 Å². The van der Waals surface area contributed by atoms with Crippen molar-refractivity contribution in [2.24, 2.45) is 0 Å². The number of carbonyl (C=O) groups is 1. The van der Waals surface area contributed by atoms with Gasteiger partial charge in [-0.05, 0) is 25.5 Å². The molecule has 0 saturated heterocycles. The molecule has 0 saturated carbocycles. The molecule has 6 nitrogen and oxygen atoms in total. The normalized spacial score (nSPS) is 12.1. The Morgan fingerprint density at radius 1 is 1.48 bits per heavy atom. The molecule has 2 aromatic rings. The van der Waals surface area contributed by atoms with E-state index in [4.69, 9.17) is 5.73 Å². The predicted molar refractivity (Wildman–Crippen MR) is 82.5 cm³/mol. The molecule has 1 unspecified atom stereocenters. The van der Waals surface area contributed by atoms with Gasteiger partial charge in [-0.1, -0.05) is 25.5 Å². The van der Waals surface area contributed by atoms with E-state index in [9.17, 15) is 4.79 Å². The summed E-state index contributed by atoms with van der Waals surface area (Å²) in [6.07, 6.45) is 3.60. The standard InChI is InChI=1S/C15H21N5O/c1-3-4-8-17-15(21)11(2)20-10-18-14(19-20)12-6-5-7-13(16)9-12/h5-7,9-11H,3-4,8,16H2,1-2H3,(H,17,21). The molecule has 0 bridgehead atoms. The fourth-order valence-electron chi connectivity index (χ4n) is 1.93. The second-order valence-corrected chi connectivity index (χ2v) is 4.99. The fraction of sp³-hybridized carbons (Fsp3) is 0.400. The summed E-state index contributed by atoms with van der Waals surface area (Å²) in [5.41, 5.74) is 7.25. The van der Waals surface area contributed by atoms with Crippen LogP contribution in [0.15, 0.2) is 30.6 Å². The van der Waals surface area contributed by atoms with Gasteiger partial charge >= 0.3 is 0 Å². The SMILES string of the molecule is CCCCNC(=O)C(C)n1cnc(-c2cccc(N)c2)n1. The molecule has 0 radical (unpaired) electrons. The van der Waals surface area contributed by atoms with Crippen LogP contribution < -0.4 is 11.1 Å². The Bertz CT molecular complexity index is 608. The predicted octanol–water partition coefficient (Wildman–Crippen LogP) is 2.00. The molecule has 112 valence electrons. The number of nitrogen functional groups attached to an aromatic ring is 1. The molecule has 0 aliphatic rings. The highest BCUT2D eigenvalue weighted by Crippen LogP contribution is 2.18. The van der Waals surface area contributed by atoms with Gasteiger partial charge in [0.2, 0.25) is 5.91 Å². The van der Waals surface area contributed by atoms with Crippen LogP contribution in [-0.2, 0) is 4.79 Å². The van der Waals surface area contributed by atoms with Crippen molar-refractivity contribution in [3.05, 3.63) is 30.6 Å². The zero-order valence-electron chi connectivity index (χ0n) is 12.4. The summed E-state index contributed by atoms with van der Waals surface area (Å²) in [5.74, 6) is 0.517. The number of unbranched alkanes of at least 4 members (excludes halogenated alkanes) is 1. The number of nitrogens with one attached hydrogen (secondary N) is 1. The average Bonchev–Trinajstić information content (AvgIpc) is 2.96. The number of amides is 1. The largest absolute Gasteiger partial charge is 0.399 e. The van der Waals surface area contributed by atoms with Crippen LogP contribution in [-0.4, -0.2) is 27.2 Å². The third-order valence-electron chi connectivity index (χ3n) is 3.26. The summed E-state index contributed by atoms with van der Waals surface area (Å²) >= 11 is 0. The number of carbonyl (C=O) groups excluding carboxylic acids is 1. The van der Waals surface area contributed by atoms with E-state index in [0.29, 0.717) is 18.1 Å². The fourth-order valence-corrected chi connectivity index (χ4v) is 1.93. The van der Waals surface area contributed by atoms with Crippen molar-refractivity contribution in [1.82, 2.24) is 20.1 Å². The lowest BCUT2D eigenvalue weighted by molar-refractivity contribution is -0.124. The summed E-state index contributed by atoms with van der Waals surface area (Å²) in [6, 6.07) is 6.98. The number of hydrogen-bond donors (Lipinski definition) is 2. The topological polar surface area (TPSA) is 85.8 Å². The molecule has 2 rings (SSSR count). The van der Waals surface area contributed by atoms with Gasteiger partial charge in [-0.3, -0.25) is 4.79 Å². The molecule has 1 heterocycles. The van der Waals surface area contributed by atoms with Crippen molar-refractivity contribution in [1.29, 1.82) is 0 Å². The maximum Gasteiger partial charge on any atom is 0.244 e. The minimum Gasteiger partial charge on any atom is -0.399 e. The third kappa shape index (κ3) is 3.81. The molecule has 1 aromatic heterocycles. The van der Waals surface area contributed by atoms with Gasteiger partial charge in [0.15, 0.2) is 5.82 Å². The Kier molecular flexibility index (Phi) is 4.92. The minimum atomic E-state index is -0.385. The van der Waals surface area contributed by atoms with Crippen molar-refractivity contribution < 1.29 is 4.79 Å². The van der Waals surface area contributed by atoms with E-state index in [2.05, 4.69) is 22.3 Å². The van der Waals surface area contributed by atoms with E-state index in [1.54, 1.807) is 17.9 Å². The lowest BCUT2D eigenvalue weighted by Gasteiger charge is -2.11. The summed E-state index contributed by atoms with van der Waals surface area (Å²) in [6.45, 7) is 4.58. The lowest BCUT2D eigenvalue weighted by atomic mass is 10.2. The molecule has 0 aliphatic heterocycles. The van der Waals surface area contributed by atoms with Crippen LogP contribution in [0.5, 0.6) is 0 Å². The molecule has 1 amide bonds. The van der Waals surface area contributed by atoms with Crippen molar-refractivity contribution in [2.75, 3.05) is 12.3 Å². The number of benzene rings is 1. The van der Waals surface area contributed by atoms with Gasteiger partial charge in [0.05, 0.1) is 0 Å². The van der Waals surface area contributed by atoms with Crippen LogP contribution in [0, 0.1) is 0 Å². The molecule has 0 aliphatic carbocycles. The van der Waals surface area contributed by atoms with Crippen LogP contribution in [0.3, 0.4) is 0 Å². The van der Waals surface area contributed by atoms with E-state index in [1.165, 1.54) is 0 Å². The first-order valence-corrected chi connectivity index (χ1v) is 7.16. The van der Waals surface area contributed by atoms with Crippen molar-refractivity contribution >= 4 is 11.6 Å². The van der Waals surface area contributed by atoms with E-state index in [0.717, 1.165) is 18.4 Å². The van der Waals surface area contributed by atoms with Gasteiger partial charge in [0.25, 0.3) is 0 Å². The van der Waals surface area contributed by atoms with Gasteiger partial charge < -0.3 is 11.1 Å². The highest BCUT2D eigenvalue weighted by Gasteiger charge is 2.16. The quantitative estimate of drug-likeness (QED) is 0.628. The Labute approximate surface area is 124 Å². The highest BCUT2D eigenvalue weighted by atomic mass is 16.2. The van der Waals surface area contributed by atoms with E-state index < -0.39 is 0 Å². The monoisotopic (exact) mass is 287 g/mol. The van der Waals surface area contributed by atoms with Crippen LogP contribution in [0.2, 0.25) is 0 Å². The number of hydrogen-bond acceptors (Lipinski definition) is 4. The molecule has 0 fully saturated rings. The first kappa shape index (κ1) is 15.0. The second kappa shape index (κ2) is 6.88. The lowest BCUT2D eigenvalue weighted by Crippen LogP contribution is -2.31. The van der Waals surface area contributed by atoms with Crippen molar-refractivity contribution in [2.45, 2.75) is 32.7 Å². The van der Waals surface area contributed by atoms with Crippen LogP contribution in [0.4, 0.5) is 5.69 Å². The first-order valence-electron chi connectivity index (χ1n) is 7.16. The Balaban J connectivity index is 2.07. The summed E-state index contributed by atoms with van der Waals surface area (Å²) in [5, 5.41) is 7.25. The second-order valence-electron chi connectivity index (χ2n) is 4.99. The molecule has 21 heavy (non-hydrogen) atoms. The number of nitrogens with zero attached hydrogens (tertiary/aromatic N) is 3. The van der Waals surface area contributed by atoms with E-state index >= 15 is 0 Å². The molecule has 0 spiro atoms. The van der Waals surface area contributed by atoms with Crippen molar-refractivity contribution in [3.8, 4) is 11.4 Å². The number of aromatic nitrogens is 3. The average molecular weight is 287 g/mol. The summed E-state index contributed by atoms with van der Waals surface area (Å²) in [4.78, 5) is 16.2. The van der Waals surface area contributed by atoms with Gasteiger partial charge in [-0.2, -0.15) is 5.10 Å². The zero-order chi connectivity index (χ0) is 15.2. The smallest absolute Gasteiger partial charge is 0.244 e. The van der Waals surface area contributed by atoms with Crippen LogP contribution >= 0.6 is 0 Å². The van der Waals surface area contributed by atoms with Crippen LogP contribution in [0.1, 0.15) is 32.7 Å². The Morgan fingerprint density at radius 2 is 2.29 bits per heavy atom. The zero-order valence-corrected chi connectivity index (χ0v) is 12.4.